The van der Waals surface area contributed by atoms with Crippen molar-refractivity contribution in [1.29, 1.82) is 0 Å². The molecule has 0 aliphatic rings. The van der Waals surface area contributed by atoms with Gasteiger partial charge in [-0.1, -0.05) is 20.8 Å². The number of imidazole rings is 1. The molecule has 2 aromatic heterocycles. The summed E-state index contributed by atoms with van der Waals surface area (Å²) in [6.45, 7) is 11.3. The van der Waals surface area contributed by atoms with E-state index < -0.39 is 0 Å². The zero-order chi connectivity index (χ0) is 15.5. The Morgan fingerprint density at radius 1 is 1.38 bits per heavy atom. The lowest BCUT2D eigenvalue weighted by Crippen LogP contribution is -2.59. The fourth-order valence-electron chi connectivity index (χ4n) is 3.35. The Labute approximate surface area is 132 Å². The molecule has 2 atom stereocenters. The van der Waals surface area contributed by atoms with Gasteiger partial charge >= 0.3 is 0 Å². The highest BCUT2D eigenvalue weighted by atomic mass is 32.1. The Hall–Kier alpha value is -0.910. The van der Waals surface area contributed by atoms with Crippen LogP contribution in [0.2, 0.25) is 0 Å². The first-order valence-electron chi connectivity index (χ1n) is 7.92. The van der Waals surface area contributed by atoms with Crippen molar-refractivity contribution in [3.8, 4) is 0 Å². The molecule has 0 radical (unpaired) electrons. The quantitative estimate of drug-likeness (QED) is 0.813. The van der Waals surface area contributed by atoms with E-state index in [4.69, 9.17) is 4.98 Å². The van der Waals surface area contributed by atoms with Crippen LogP contribution in [0.3, 0.4) is 0 Å². The van der Waals surface area contributed by atoms with E-state index in [9.17, 15) is 0 Å². The molecule has 4 nitrogen and oxygen atoms in total. The SMILES string of the molecule is CCN(CC)C(C)(CC)C(Cc1cn2ccsc2n1)NC. The van der Waals surface area contributed by atoms with Crippen LogP contribution in [0.5, 0.6) is 0 Å². The van der Waals surface area contributed by atoms with Crippen molar-refractivity contribution in [3.05, 3.63) is 23.5 Å². The molecule has 0 saturated heterocycles. The summed E-state index contributed by atoms with van der Waals surface area (Å²) in [5.74, 6) is 0. The molecule has 0 fully saturated rings. The zero-order valence-electron chi connectivity index (χ0n) is 13.9. The lowest BCUT2D eigenvalue weighted by molar-refractivity contribution is 0.0727. The van der Waals surface area contributed by atoms with Crippen molar-refractivity contribution in [3.63, 3.8) is 0 Å². The molecule has 118 valence electrons. The molecule has 21 heavy (non-hydrogen) atoms. The van der Waals surface area contributed by atoms with Gasteiger partial charge in [-0.25, -0.2) is 4.98 Å². The van der Waals surface area contributed by atoms with Gasteiger partial charge in [0.15, 0.2) is 4.96 Å². The predicted octanol–water partition coefficient (Wildman–Crippen LogP) is 3.04. The fraction of sp³-hybridized carbons (Fsp3) is 0.688. The van der Waals surface area contributed by atoms with Crippen molar-refractivity contribution in [2.45, 2.75) is 52.1 Å². The van der Waals surface area contributed by atoms with Gasteiger partial charge in [0.1, 0.15) is 0 Å². The summed E-state index contributed by atoms with van der Waals surface area (Å²) < 4.78 is 2.12. The zero-order valence-corrected chi connectivity index (χ0v) is 14.7. The van der Waals surface area contributed by atoms with Gasteiger partial charge in [-0.05, 0) is 33.5 Å². The molecule has 0 spiro atoms. The van der Waals surface area contributed by atoms with Crippen molar-refractivity contribution in [2.75, 3.05) is 20.1 Å². The van der Waals surface area contributed by atoms with Crippen LogP contribution in [0.15, 0.2) is 17.8 Å². The van der Waals surface area contributed by atoms with Crippen molar-refractivity contribution in [1.82, 2.24) is 19.6 Å². The van der Waals surface area contributed by atoms with E-state index in [0.29, 0.717) is 6.04 Å². The Morgan fingerprint density at radius 3 is 2.62 bits per heavy atom. The van der Waals surface area contributed by atoms with E-state index in [1.807, 2.05) is 0 Å². The van der Waals surface area contributed by atoms with E-state index in [1.54, 1.807) is 11.3 Å². The second-order valence-electron chi connectivity index (χ2n) is 5.75. The molecule has 0 saturated carbocycles. The molecule has 2 aromatic rings. The fourth-order valence-corrected chi connectivity index (χ4v) is 4.07. The van der Waals surface area contributed by atoms with Gasteiger partial charge < -0.3 is 5.32 Å². The Morgan fingerprint density at radius 2 is 2.10 bits per heavy atom. The van der Waals surface area contributed by atoms with Crippen LogP contribution < -0.4 is 5.32 Å². The van der Waals surface area contributed by atoms with Crippen molar-refractivity contribution >= 4 is 16.3 Å². The average Bonchev–Trinajstić information content (AvgIpc) is 3.06. The van der Waals surface area contributed by atoms with Crippen LogP contribution in [0.4, 0.5) is 0 Å². The van der Waals surface area contributed by atoms with Crippen molar-refractivity contribution in [2.24, 2.45) is 0 Å². The Bertz CT molecular complexity index is 529. The topological polar surface area (TPSA) is 32.6 Å². The number of rotatable bonds is 8. The van der Waals surface area contributed by atoms with Crippen LogP contribution in [-0.4, -0.2) is 46.0 Å². The predicted molar refractivity (Wildman–Crippen MR) is 91.2 cm³/mol. The highest BCUT2D eigenvalue weighted by Crippen LogP contribution is 2.26. The van der Waals surface area contributed by atoms with E-state index in [1.165, 1.54) is 5.69 Å². The van der Waals surface area contributed by atoms with E-state index in [2.05, 4.69) is 67.1 Å². The molecule has 0 aliphatic heterocycles. The summed E-state index contributed by atoms with van der Waals surface area (Å²) in [6.07, 6.45) is 6.33. The Kier molecular flexibility index (Phi) is 5.41. The molecular formula is C16H28N4S. The first kappa shape index (κ1) is 16.5. The molecule has 0 bridgehead atoms. The van der Waals surface area contributed by atoms with Gasteiger partial charge in [0.2, 0.25) is 0 Å². The largest absolute Gasteiger partial charge is 0.315 e. The van der Waals surface area contributed by atoms with Gasteiger partial charge in [-0.15, -0.1) is 11.3 Å². The van der Waals surface area contributed by atoms with E-state index in [0.717, 1.165) is 30.9 Å². The number of thiazole rings is 1. The number of nitrogens with one attached hydrogen (secondary N) is 1. The standard InChI is InChI=1S/C16H28N4S/c1-6-16(4,20(7-2)8-3)14(17-5)11-13-12-19-9-10-21-15(19)18-13/h9-10,12,14,17H,6-8,11H2,1-5H3. The number of hydrogen-bond donors (Lipinski definition) is 1. The first-order valence-corrected chi connectivity index (χ1v) is 8.80. The third kappa shape index (κ3) is 3.15. The molecule has 1 N–H and O–H groups in total. The third-order valence-corrected chi connectivity index (χ3v) is 5.63. The molecule has 0 aromatic carbocycles. The van der Waals surface area contributed by atoms with Crippen LogP contribution >= 0.6 is 11.3 Å². The second kappa shape index (κ2) is 6.90. The molecule has 2 rings (SSSR count). The number of hydrogen-bond acceptors (Lipinski definition) is 4. The van der Waals surface area contributed by atoms with Gasteiger partial charge in [-0.3, -0.25) is 9.30 Å². The highest BCUT2D eigenvalue weighted by Gasteiger charge is 2.36. The second-order valence-corrected chi connectivity index (χ2v) is 6.63. The van der Waals surface area contributed by atoms with Crippen LogP contribution in [-0.2, 0) is 6.42 Å². The molecule has 0 aliphatic carbocycles. The molecule has 0 amide bonds. The van der Waals surface area contributed by atoms with Crippen LogP contribution in [0, 0.1) is 0 Å². The van der Waals surface area contributed by atoms with E-state index in [-0.39, 0.29) is 5.54 Å². The summed E-state index contributed by atoms with van der Waals surface area (Å²) >= 11 is 1.69. The molecule has 2 heterocycles. The number of fused-ring (bicyclic) bond motifs is 1. The molecule has 2 unspecified atom stereocenters. The maximum Gasteiger partial charge on any atom is 0.193 e. The van der Waals surface area contributed by atoms with Crippen LogP contribution in [0.25, 0.3) is 4.96 Å². The molecule has 5 heteroatoms. The van der Waals surface area contributed by atoms with Crippen LogP contribution in [0.1, 0.15) is 39.8 Å². The highest BCUT2D eigenvalue weighted by molar-refractivity contribution is 7.15. The first-order chi connectivity index (χ1) is 10.1. The maximum atomic E-state index is 4.74. The maximum absolute atomic E-state index is 4.74. The smallest absolute Gasteiger partial charge is 0.193 e. The number of nitrogens with zero attached hydrogens (tertiary/aromatic N) is 3. The summed E-state index contributed by atoms with van der Waals surface area (Å²) in [5, 5.41) is 5.62. The minimum Gasteiger partial charge on any atom is -0.315 e. The normalized spacial score (nSPS) is 16.5. The van der Waals surface area contributed by atoms with Gasteiger partial charge in [0, 0.05) is 35.8 Å². The minimum atomic E-state index is 0.148. The summed E-state index contributed by atoms with van der Waals surface area (Å²) in [5.41, 5.74) is 1.32. The Balaban J connectivity index is 2.22. The monoisotopic (exact) mass is 308 g/mol. The van der Waals surface area contributed by atoms with Gasteiger partial charge in [-0.2, -0.15) is 0 Å². The van der Waals surface area contributed by atoms with Crippen molar-refractivity contribution < 1.29 is 0 Å². The number of aromatic nitrogens is 2. The molecular weight excluding hydrogens is 280 g/mol. The summed E-state index contributed by atoms with van der Waals surface area (Å²) in [4.78, 5) is 8.39. The van der Waals surface area contributed by atoms with E-state index >= 15 is 0 Å². The van der Waals surface area contributed by atoms with Gasteiger partial charge in [0.05, 0.1) is 5.69 Å². The lowest BCUT2D eigenvalue weighted by Gasteiger charge is -2.45. The lowest BCUT2D eigenvalue weighted by atomic mass is 9.84. The third-order valence-electron chi connectivity index (χ3n) is 4.86. The minimum absolute atomic E-state index is 0.148. The summed E-state index contributed by atoms with van der Waals surface area (Å²) in [7, 11) is 2.07. The number of likely N-dealkylation sites (N-methyl/N-ethyl adjacent to an activating group) is 2. The van der Waals surface area contributed by atoms with Gasteiger partial charge in [0.25, 0.3) is 0 Å². The average molecular weight is 308 g/mol. The summed E-state index contributed by atoms with van der Waals surface area (Å²) in [6, 6.07) is 0.395.